The average Bonchev–Trinajstić information content (AvgIpc) is 2.60. The van der Waals surface area contributed by atoms with Gasteiger partial charge in [0.1, 0.15) is 12.4 Å². The maximum Gasteiger partial charge on any atom is 0.185 e. The number of benzene rings is 2. The maximum absolute atomic E-state index is 10.8. The van der Waals surface area contributed by atoms with E-state index in [1.54, 1.807) is 0 Å². The predicted molar refractivity (Wildman–Crippen MR) is 99.4 cm³/mol. The fourth-order valence-corrected chi connectivity index (χ4v) is 2.70. The third kappa shape index (κ3) is 4.59. The van der Waals surface area contributed by atoms with E-state index < -0.39 is 0 Å². The molecule has 0 unspecified atom stereocenters. The number of aromatic nitrogens is 1. The van der Waals surface area contributed by atoms with Gasteiger partial charge in [-0.1, -0.05) is 36.4 Å². The van der Waals surface area contributed by atoms with Crippen LogP contribution in [0, 0.1) is 0 Å². The van der Waals surface area contributed by atoms with Crippen molar-refractivity contribution in [2.75, 3.05) is 0 Å². The van der Waals surface area contributed by atoms with Gasteiger partial charge in [-0.2, -0.15) is 0 Å². The maximum atomic E-state index is 10.8. The van der Waals surface area contributed by atoms with Crippen molar-refractivity contribution in [1.29, 1.82) is 0 Å². The summed E-state index contributed by atoms with van der Waals surface area (Å²) < 4.78 is 5.81. The summed E-state index contributed by atoms with van der Waals surface area (Å²) in [5, 5.41) is 1.07. The molecule has 0 bridgehead atoms. The largest absolute Gasteiger partial charge is 0.487 e. The van der Waals surface area contributed by atoms with Gasteiger partial charge in [0.05, 0.1) is 11.2 Å². The van der Waals surface area contributed by atoms with Crippen LogP contribution in [-0.2, 0) is 17.8 Å². The number of para-hydroxylation sites is 1. The molecule has 0 spiro atoms. The highest BCUT2D eigenvalue weighted by atomic mass is 32.1. The Labute approximate surface area is 147 Å². The predicted octanol–water partition coefficient (Wildman–Crippen LogP) is 4.59. The van der Waals surface area contributed by atoms with E-state index in [0.29, 0.717) is 13.0 Å². The van der Waals surface area contributed by atoms with Gasteiger partial charge < -0.3 is 4.74 Å². The number of hydrogen-bond acceptors (Lipinski definition) is 3. The van der Waals surface area contributed by atoms with Crippen molar-refractivity contribution in [3.05, 3.63) is 71.9 Å². The molecule has 122 valence electrons. The van der Waals surface area contributed by atoms with E-state index in [-0.39, 0.29) is 5.12 Å². The van der Waals surface area contributed by atoms with Crippen molar-refractivity contribution >= 4 is 28.6 Å². The topological polar surface area (TPSA) is 39.2 Å². The average molecular weight is 337 g/mol. The van der Waals surface area contributed by atoms with Crippen LogP contribution >= 0.6 is 12.6 Å². The highest BCUT2D eigenvalue weighted by molar-refractivity contribution is 7.96. The molecular formula is C20H19NO2S. The second kappa shape index (κ2) is 7.97. The van der Waals surface area contributed by atoms with Gasteiger partial charge in [0.15, 0.2) is 5.12 Å². The summed E-state index contributed by atoms with van der Waals surface area (Å²) in [5.74, 6) is 0.819. The van der Waals surface area contributed by atoms with Crippen LogP contribution < -0.4 is 4.74 Å². The van der Waals surface area contributed by atoms with E-state index in [4.69, 9.17) is 4.74 Å². The molecule has 0 aliphatic carbocycles. The molecule has 24 heavy (non-hydrogen) atoms. The zero-order valence-electron chi connectivity index (χ0n) is 13.3. The smallest absolute Gasteiger partial charge is 0.185 e. The zero-order chi connectivity index (χ0) is 16.8. The molecule has 3 nitrogen and oxygen atoms in total. The number of rotatable bonds is 7. The van der Waals surface area contributed by atoms with Crippen LogP contribution in [0.5, 0.6) is 5.75 Å². The van der Waals surface area contributed by atoms with Crippen LogP contribution in [0.3, 0.4) is 0 Å². The Hall–Kier alpha value is -2.33. The first-order chi connectivity index (χ1) is 11.7. The monoisotopic (exact) mass is 337 g/mol. The molecule has 4 heteroatoms. The van der Waals surface area contributed by atoms with E-state index in [9.17, 15) is 4.79 Å². The minimum Gasteiger partial charge on any atom is -0.487 e. The SMILES string of the molecule is O=C(S)CCCc1ccc(OCc2ccc3ccccc3n2)cc1. The van der Waals surface area contributed by atoms with Crippen molar-refractivity contribution in [1.82, 2.24) is 4.98 Å². The van der Waals surface area contributed by atoms with E-state index >= 15 is 0 Å². The van der Waals surface area contributed by atoms with Crippen molar-refractivity contribution < 1.29 is 9.53 Å². The molecule has 0 amide bonds. The normalized spacial score (nSPS) is 10.7. The Morgan fingerprint density at radius 3 is 2.58 bits per heavy atom. The van der Waals surface area contributed by atoms with E-state index in [1.807, 2.05) is 54.6 Å². The first-order valence-electron chi connectivity index (χ1n) is 7.99. The number of fused-ring (bicyclic) bond motifs is 1. The quantitative estimate of drug-likeness (QED) is 0.641. The van der Waals surface area contributed by atoms with Gasteiger partial charge in [0.2, 0.25) is 0 Å². The molecule has 3 aromatic rings. The molecule has 0 radical (unpaired) electrons. The number of aryl methyl sites for hydroxylation is 1. The summed E-state index contributed by atoms with van der Waals surface area (Å²) in [6, 6.07) is 20.1. The molecular weight excluding hydrogens is 318 g/mol. The third-order valence-electron chi connectivity index (χ3n) is 3.82. The number of pyridine rings is 1. The summed E-state index contributed by atoms with van der Waals surface area (Å²) in [6.07, 6.45) is 2.21. The standard InChI is InChI=1S/C20H19NO2S/c22-20(24)7-3-4-15-8-12-18(13-9-15)23-14-17-11-10-16-5-1-2-6-19(16)21-17/h1-2,5-6,8-13H,3-4,7,14H2,(H,22,24). The first-order valence-corrected chi connectivity index (χ1v) is 8.44. The fourth-order valence-electron chi connectivity index (χ4n) is 2.54. The zero-order valence-corrected chi connectivity index (χ0v) is 14.2. The van der Waals surface area contributed by atoms with Gasteiger partial charge >= 0.3 is 0 Å². The van der Waals surface area contributed by atoms with Crippen LogP contribution in [0.4, 0.5) is 0 Å². The summed E-state index contributed by atoms with van der Waals surface area (Å²) in [6.45, 7) is 0.443. The second-order valence-electron chi connectivity index (χ2n) is 5.68. The lowest BCUT2D eigenvalue weighted by Gasteiger charge is -2.08. The van der Waals surface area contributed by atoms with Crippen LogP contribution in [0.15, 0.2) is 60.7 Å². The van der Waals surface area contributed by atoms with Gasteiger partial charge in [-0.05, 0) is 42.7 Å². The van der Waals surface area contributed by atoms with Crippen LogP contribution in [0.1, 0.15) is 24.1 Å². The number of nitrogens with zero attached hydrogens (tertiary/aromatic N) is 1. The lowest BCUT2D eigenvalue weighted by Crippen LogP contribution is -1.98. The van der Waals surface area contributed by atoms with Gasteiger partial charge in [0, 0.05) is 11.8 Å². The summed E-state index contributed by atoms with van der Waals surface area (Å²) in [5.41, 5.74) is 3.08. The molecule has 0 saturated heterocycles. The van der Waals surface area contributed by atoms with Gasteiger partial charge in [0.25, 0.3) is 0 Å². The number of carbonyl (C=O) groups is 1. The minimum atomic E-state index is -0.0576. The highest BCUT2D eigenvalue weighted by Crippen LogP contribution is 2.17. The van der Waals surface area contributed by atoms with E-state index in [2.05, 4.69) is 23.7 Å². The van der Waals surface area contributed by atoms with Crippen LogP contribution in [0.25, 0.3) is 10.9 Å². The highest BCUT2D eigenvalue weighted by Gasteiger charge is 2.01. The van der Waals surface area contributed by atoms with E-state index in [0.717, 1.165) is 35.2 Å². The molecule has 0 fully saturated rings. The molecule has 2 aromatic carbocycles. The van der Waals surface area contributed by atoms with Crippen molar-refractivity contribution in [3.8, 4) is 5.75 Å². The number of hydrogen-bond donors (Lipinski definition) is 1. The fraction of sp³-hybridized carbons (Fsp3) is 0.200. The molecule has 0 N–H and O–H groups in total. The number of ether oxygens (including phenoxy) is 1. The molecule has 0 atom stereocenters. The lowest BCUT2D eigenvalue weighted by molar-refractivity contribution is -0.110. The van der Waals surface area contributed by atoms with Gasteiger partial charge in [-0.25, -0.2) is 4.98 Å². The van der Waals surface area contributed by atoms with Crippen LogP contribution in [-0.4, -0.2) is 10.1 Å². The van der Waals surface area contributed by atoms with Gasteiger partial charge in [-0.3, -0.25) is 4.79 Å². The Bertz CT molecular complexity index is 830. The first kappa shape index (κ1) is 16.5. The van der Waals surface area contributed by atoms with Crippen LogP contribution in [0.2, 0.25) is 0 Å². The molecule has 0 aliphatic rings. The Morgan fingerprint density at radius 1 is 1.00 bits per heavy atom. The molecule has 1 aromatic heterocycles. The van der Waals surface area contributed by atoms with Crippen molar-refractivity contribution in [3.63, 3.8) is 0 Å². The lowest BCUT2D eigenvalue weighted by atomic mass is 10.1. The molecule has 3 rings (SSSR count). The summed E-state index contributed by atoms with van der Waals surface area (Å²) in [7, 11) is 0. The number of carbonyl (C=O) groups excluding carboxylic acids is 1. The summed E-state index contributed by atoms with van der Waals surface area (Å²) >= 11 is 3.78. The molecule has 0 saturated carbocycles. The Balaban J connectivity index is 1.56. The number of thiol groups is 1. The van der Waals surface area contributed by atoms with Gasteiger partial charge in [-0.15, -0.1) is 12.6 Å². The Kier molecular flexibility index (Phi) is 5.49. The minimum absolute atomic E-state index is 0.0576. The van der Waals surface area contributed by atoms with E-state index in [1.165, 1.54) is 5.56 Å². The van der Waals surface area contributed by atoms with Crippen molar-refractivity contribution in [2.24, 2.45) is 0 Å². The molecule has 1 heterocycles. The molecule has 0 aliphatic heterocycles. The Morgan fingerprint density at radius 2 is 1.79 bits per heavy atom. The third-order valence-corrected chi connectivity index (χ3v) is 4.05. The second-order valence-corrected chi connectivity index (χ2v) is 6.17. The van der Waals surface area contributed by atoms with Crippen molar-refractivity contribution in [2.45, 2.75) is 25.9 Å². The summed E-state index contributed by atoms with van der Waals surface area (Å²) in [4.78, 5) is 15.4.